The summed E-state index contributed by atoms with van der Waals surface area (Å²) in [5.74, 6) is 1.45. The van der Waals surface area contributed by atoms with E-state index < -0.39 is 0 Å². The van der Waals surface area contributed by atoms with E-state index >= 15 is 0 Å². The van der Waals surface area contributed by atoms with Crippen LogP contribution in [0.15, 0.2) is 47.3 Å². The summed E-state index contributed by atoms with van der Waals surface area (Å²) in [7, 11) is 0. The second kappa shape index (κ2) is 6.81. The third kappa shape index (κ3) is 2.97. The number of aromatic amines is 1. The molecular weight excluding hydrogens is 408 g/mol. The molecule has 0 atom stereocenters. The minimum absolute atomic E-state index is 0.203. The van der Waals surface area contributed by atoms with Crippen molar-refractivity contribution in [1.29, 1.82) is 0 Å². The van der Waals surface area contributed by atoms with E-state index in [-0.39, 0.29) is 5.54 Å². The highest BCUT2D eigenvalue weighted by atomic mass is 32.1. The van der Waals surface area contributed by atoms with Gasteiger partial charge < -0.3 is 15.0 Å². The van der Waals surface area contributed by atoms with E-state index in [4.69, 9.17) is 19.7 Å². The van der Waals surface area contributed by atoms with Gasteiger partial charge in [-0.2, -0.15) is 16.3 Å². The highest BCUT2D eigenvalue weighted by Crippen LogP contribution is 2.37. The Bertz CT molecular complexity index is 1400. The molecule has 31 heavy (non-hydrogen) atoms. The fraction of sp³-hybridized carbons (Fsp3) is 0.261. The van der Waals surface area contributed by atoms with Crippen LogP contribution < -0.4 is 10.1 Å². The molecule has 0 fully saturated rings. The molecule has 5 aromatic rings. The zero-order valence-corrected chi connectivity index (χ0v) is 18.2. The second-order valence-electron chi connectivity index (χ2n) is 8.45. The Hall–Kier alpha value is -3.39. The number of ether oxygens (including phenoxy) is 1. The standard InChI is InChI=1S/C23H22N6OS/c1-23(2)13-30-22-26-18-20(24-9-7-14-11-25-17-6-4-3-5-16(14)17)27-19(15-8-10-31-12-15)28-21(18)29(22)23/h3-6,8,10-12,25H,7,9,13H2,1-2H3,(H,24,27,28). The Labute approximate surface area is 183 Å². The van der Waals surface area contributed by atoms with E-state index in [9.17, 15) is 0 Å². The van der Waals surface area contributed by atoms with Gasteiger partial charge in [-0.1, -0.05) is 18.2 Å². The summed E-state index contributed by atoms with van der Waals surface area (Å²) in [6.07, 6.45) is 2.96. The monoisotopic (exact) mass is 430 g/mol. The lowest BCUT2D eigenvalue weighted by Gasteiger charge is -2.18. The molecule has 2 N–H and O–H groups in total. The smallest absolute Gasteiger partial charge is 0.299 e. The molecule has 0 spiro atoms. The first-order valence-electron chi connectivity index (χ1n) is 10.4. The fourth-order valence-electron chi connectivity index (χ4n) is 4.18. The van der Waals surface area contributed by atoms with Crippen LogP contribution in [0.4, 0.5) is 5.82 Å². The van der Waals surface area contributed by atoms with Crippen molar-refractivity contribution >= 4 is 39.2 Å². The molecule has 1 aliphatic heterocycles. The minimum Gasteiger partial charge on any atom is -0.462 e. The van der Waals surface area contributed by atoms with E-state index in [1.54, 1.807) is 11.3 Å². The van der Waals surface area contributed by atoms with Crippen LogP contribution >= 0.6 is 11.3 Å². The second-order valence-corrected chi connectivity index (χ2v) is 9.23. The van der Waals surface area contributed by atoms with Gasteiger partial charge in [0.2, 0.25) is 0 Å². The van der Waals surface area contributed by atoms with Crippen LogP contribution in [0.25, 0.3) is 33.5 Å². The first kappa shape index (κ1) is 18.4. The Morgan fingerprint density at radius 1 is 1.19 bits per heavy atom. The van der Waals surface area contributed by atoms with Crippen LogP contribution in [-0.2, 0) is 12.0 Å². The summed E-state index contributed by atoms with van der Waals surface area (Å²) in [4.78, 5) is 17.8. The molecule has 1 aromatic carbocycles. The minimum atomic E-state index is -0.203. The van der Waals surface area contributed by atoms with Gasteiger partial charge in [0.15, 0.2) is 22.8 Å². The van der Waals surface area contributed by atoms with Crippen molar-refractivity contribution in [3.8, 4) is 17.4 Å². The number of aromatic nitrogens is 5. The van der Waals surface area contributed by atoms with Gasteiger partial charge in [-0.05, 0) is 43.3 Å². The third-order valence-electron chi connectivity index (χ3n) is 5.78. The van der Waals surface area contributed by atoms with E-state index in [0.717, 1.165) is 41.0 Å². The van der Waals surface area contributed by atoms with Gasteiger partial charge >= 0.3 is 0 Å². The molecule has 7 nitrogen and oxygen atoms in total. The molecule has 0 amide bonds. The lowest BCUT2D eigenvalue weighted by molar-refractivity contribution is 0.268. The number of benzene rings is 1. The molecule has 0 radical (unpaired) electrons. The zero-order chi connectivity index (χ0) is 21.0. The normalized spacial score (nSPS) is 14.8. The SMILES string of the molecule is CC1(C)COc2nc3c(NCCc4c[nH]c5ccccc45)nc(-c4ccsc4)nc3n21. The fourth-order valence-corrected chi connectivity index (χ4v) is 4.82. The van der Waals surface area contributed by atoms with Crippen molar-refractivity contribution in [3.05, 3.63) is 52.9 Å². The van der Waals surface area contributed by atoms with Crippen LogP contribution in [-0.4, -0.2) is 37.7 Å². The zero-order valence-electron chi connectivity index (χ0n) is 17.3. The van der Waals surface area contributed by atoms with Gasteiger partial charge in [0, 0.05) is 34.6 Å². The van der Waals surface area contributed by atoms with E-state index in [0.29, 0.717) is 18.4 Å². The lowest BCUT2D eigenvalue weighted by Crippen LogP contribution is -2.25. The molecule has 8 heteroatoms. The van der Waals surface area contributed by atoms with Crippen LogP contribution in [0, 0.1) is 0 Å². The number of nitrogens with one attached hydrogen (secondary N) is 2. The summed E-state index contributed by atoms with van der Waals surface area (Å²) in [6, 6.07) is 11.0. The summed E-state index contributed by atoms with van der Waals surface area (Å²) in [5, 5.41) is 8.88. The first-order chi connectivity index (χ1) is 15.1. The van der Waals surface area contributed by atoms with Gasteiger partial charge in [0.1, 0.15) is 6.61 Å². The number of H-pyrrole nitrogens is 1. The maximum atomic E-state index is 5.85. The summed E-state index contributed by atoms with van der Waals surface area (Å²) in [5.41, 5.74) is 4.81. The van der Waals surface area contributed by atoms with Crippen molar-refractivity contribution < 1.29 is 4.74 Å². The van der Waals surface area contributed by atoms with Crippen molar-refractivity contribution in [2.24, 2.45) is 0 Å². The lowest BCUT2D eigenvalue weighted by atomic mass is 10.1. The molecule has 6 rings (SSSR count). The van der Waals surface area contributed by atoms with Crippen molar-refractivity contribution in [3.63, 3.8) is 0 Å². The van der Waals surface area contributed by atoms with Crippen molar-refractivity contribution in [2.45, 2.75) is 25.8 Å². The number of hydrogen-bond donors (Lipinski definition) is 2. The average molecular weight is 431 g/mol. The Balaban J connectivity index is 1.38. The average Bonchev–Trinajstić information content (AvgIpc) is 3.53. The molecule has 0 unspecified atom stereocenters. The summed E-state index contributed by atoms with van der Waals surface area (Å²) in [6.45, 7) is 5.61. The van der Waals surface area contributed by atoms with Gasteiger partial charge in [0.05, 0.1) is 5.54 Å². The molecule has 5 heterocycles. The van der Waals surface area contributed by atoms with Crippen molar-refractivity contribution in [1.82, 2.24) is 24.5 Å². The number of thiophene rings is 1. The summed E-state index contributed by atoms with van der Waals surface area (Å²) >= 11 is 1.64. The molecule has 0 saturated carbocycles. The number of hydrogen-bond acceptors (Lipinski definition) is 6. The molecule has 0 saturated heterocycles. The number of imidazole rings is 1. The highest BCUT2D eigenvalue weighted by molar-refractivity contribution is 7.08. The van der Waals surface area contributed by atoms with Gasteiger partial charge in [0.25, 0.3) is 6.01 Å². The Kier molecular flexibility index (Phi) is 4.04. The Morgan fingerprint density at radius 2 is 2.10 bits per heavy atom. The largest absolute Gasteiger partial charge is 0.462 e. The van der Waals surface area contributed by atoms with Crippen LogP contribution in [0.2, 0.25) is 0 Å². The molecule has 0 bridgehead atoms. The van der Waals surface area contributed by atoms with Gasteiger partial charge in [-0.25, -0.2) is 9.97 Å². The molecule has 156 valence electrons. The third-order valence-corrected chi connectivity index (χ3v) is 6.46. The van der Waals surface area contributed by atoms with Crippen LogP contribution in [0.5, 0.6) is 6.01 Å². The van der Waals surface area contributed by atoms with Crippen molar-refractivity contribution in [2.75, 3.05) is 18.5 Å². The number of anilines is 1. The first-order valence-corrected chi connectivity index (χ1v) is 11.3. The molecular formula is C23H22N6OS. The van der Waals surface area contributed by atoms with E-state index in [1.807, 2.05) is 17.5 Å². The molecule has 1 aliphatic rings. The van der Waals surface area contributed by atoms with Gasteiger partial charge in [-0.3, -0.25) is 4.57 Å². The quantitative estimate of drug-likeness (QED) is 0.418. The number of rotatable bonds is 5. The molecule has 4 aromatic heterocycles. The number of fused-ring (bicyclic) bond motifs is 4. The van der Waals surface area contributed by atoms with Crippen LogP contribution in [0.1, 0.15) is 19.4 Å². The van der Waals surface area contributed by atoms with E-state index in [1.165, 1.54) is 10.9 Å². The topological polar surface area (TPSA) is 80.7 Å². The maximum Gasteiger partial charge on any atom is 0.299 e. The van der Waals surface area contributed by atoms with E-state index in [2.05, 4.69) is 58.5 Å². The number of nitrogens with zero attached hydrogens (tertiary/aromatic N) is 4. The van der Waals surface area contributed by atoms with Gasteiger partial charge in [-0.15, -0.1) is 0 Å². The number of para-hydroxylation sites is 1. The maximum absolute atomic E-state index is 5.85. The highest BCUT2D eigenvalue weighted by Gasteiger charge is 2.36. The predicted octanol–water partition coefficient (Wildman–Crippen LogP) is 4.82. The Morgan fingerprint density at radius 3 is 2.97 bits per heavy atom. The predicted molar refractivity (Wildman–Crippen MR) is 124 cm³/mol. The van der Waals surface area contributed by atoms with Crippen LogP contribution in [0.3, 0.4) is 0 Å². The molecule has 0 aliphatic carbocycles. The summed E-state index contributed by atoms with van der Waals surface area (Å²) < 4.78 is 7.94.